The lowest BCUT2D eigenvalue weighted by molar-refractivity contribution is -0.137. The number of carbonyl (C=O) groups is 4. The van der Waals surface area contributed by atoms with Crippen LogP contribution in [0.2, 0.25) is 0 Å². The van der Waals surface area contributed by atoms with Gasteiger partial charge in [0.2, 0.25) is 17.6 Å². The van der Waals surface area contributed by atoms with Crippen LogP contribution in [0.5, 0.6) is 0 Å². The van der Waals surface area contributed by atoms with Gasteiger partial charge in [0.25, 0.3) is 0 Å². The highest BCUT2D eigenvalue weighted by atomic mass is 32.1. The molecule has 2 amide bonds. The van der Waals surface area contributed by atoms with Gasteiger partial charge in [-0.15, -0.1) is 0 Å². The number of phosphoric acid groups is 3. The van der Waals surface area contributed by atoms with Crippen molar-refractivity contribution in [1.29, 1.82) is 1.12 Å². The molecule has 2 unspecified atom stereocenters. The van der Waals surface area contributed by atoms with Crippen molar-refractivity contribution in [2.45, 2.75) is 57.3 Å². The van der Waals surface area contributed by atoms with E-state index in [2.05, 4.69) is 34.4 Å². The van der Waals surface area contributed by atoms with E-state index in [9.17, 15) is 62.7 Å². The van der Waals surface area contributed by atoms with Crippen LogP contribution in [0.25, 0.3) is 11.2 Å². The van der Waals surface area contributed by atoms with Gasteiger partial charge in [0, 0.05) is 30.7 Å². The summed E-state index contributed by atoms with van der Waals surface area (Å²) in [5, 5.41) is 35.5. The number of ketones is 1. The smallest absolute Gasteiger partial charge is 0.481 e. The molecular formula is C24H38N7O19P3S. The van der Waals surface area contributed by atoms with Crippen LogP contribution in [0, 0.1) is 5.41 Å². The van der Waals surface area contributed by atoms with Gasteiger partial charge in [0.05, 0.1) is 13.2 Å². The number of imidazole rings is 1. The van der Waals surface area contributed by atoms with E-state index >= 15 is 0 Å². The van der Waals surface area contributed by atoms with E-state index < -0.39 is 109 Å². The second kappa shape index (κ2) is 18.3. The summed E-state index contributed by atoms with van der Waals surface area (Å²) in [6.07, 6.45) is -10.6. The second-order valence-electron chi connectivity index (χ2n) is 11.9. The number of ether oxygens (including phenoxy) is 1. The number of aliphatic hydroxyl groups is 2. The Morgan fingerprint density at radius 2 is 1.78 bits per heavy atom. The largest absolute Gasteiger partial charge is 0.481 e. The van der Waals surface area contributed by atoms with Crippen molar-refractivity contribution < 1.29 is 90.4 Å². The number of nitrogen functional groups attached to an aromatic ring is 1. The molecule has 11 N–H and O–H groups in total. The van der Waals surface area contributed by atoms with Gasteiger partial charge >= 0.3 is 29.4 Å². The fourth-order valence-corrected chi connectivity index (χ4v) is 7.57. The number of carboxylic acids is 1. The molecule has 1 aliphatic rings. The average molecular weight is 855 g/mol. The zero-order valence-electron chi connectivity index (χ0n) is 29.1. The van der Waals surface area contributed by atoms with Crippen molar-refractivity contribution in [2.24, 2.45) is 5.41 Å². The van der Waals surface area contributed by atoms with Gasteiger partial charge in [-0.1, -0.05) is 13.8 Å². The molecule has 0 aliphatic carbocycles. The van der Waals surface area contributed by atoms with Crippen LogP contribution in [0.4, 0.5) is 5.82 Å². The molecule has 2 aromatic rings. The molecular weight excluding hydrogens is 815 g/mol. The Labute approximate surface area is 310 Å². The van der Waals surface area contributed by atoms with E-state index in [0.29, 0.717) is 5.75 Å². The van der Waals surface area contributed by atoms with Crippen molar-refractivity contribution >= 4 is 76.5 Å². The van der Waals surface area contributed by atoms with Crippen LogP contribution < -0.4 is 16.4 Å². The number of thiol groups is 1. The Hall–Kier alpha value is -2.97. The molecule has 7 atom stereocenters. The Morgan fingerprint density at radius 1 is 1.11 bits per heavy atom. The first-order valence-corrected chi connectivity index (χ1v) is 20.3. The molecule has 304 valence electrons. The fraction of sp³-hybridized carbons (Fsp3) is 0.625. The monoisotopic (exact) mass is 854 g/mol. The third-order valence-electron chi connectivity index (χ3n) is 7.16. The Morgan fingerprint density at radius 3 is 2.41 bits per heavy atom. The number of carboxylic acid groups (broad SMARTS) is 1. The molecule has 3 heterocycles. The quantitative estimate of drug-likeness (QED) is 0.0200. The number of aromatic nitrogens is 4. The molecule has 1 aliphatic heterocycles. The Kier molecular flexibility index (Phi) is 14.8. The highest BCUT2D eigenvalue weighted by Crippen LogP contribution is 2.61. The van der Waals surface area contributed by atoms with E-state index in [-0.39, 0.29) is 36.5 Å². The van der Waals surface area contributed by atoms with E-state index in [1.54, 1.807) is 0 Å². The minimum Gasteiger partial charge on any atom is -0.481 e. The van der Waals surface area contributed by atoms with E-state index in [1.165, 1.54) is 13.8 Å². The first kappa shape index (κ1) is 43.8. The molecule has 0 spiro atoms. The number of phosphoric ester groups is 3. The summed E-state index contributed by atoms with van der Waals surface area (Å²) in [4.78, 5) is 99.1. The van der Waals surface area contributed by atoms with Crippen LogP contribution in [-0.4, -0.2) is 136 Å². The third-order valence-corrected chi connectivity index (χ3v) is 10.5. The lowest BCUT2D eigenvalue weighted by atomic mass is 9.87. The lowest BCUT2D eigenvalue weighted by Crippen LogP contribution is -2.46. The molecule has 0 aromatic carbocycles. The number of Topliss-reactive ketones (excluding diaryl/α,β-unsaturated/α-hetero) is 1. The van der Waals surface area contributed by atoms with Gasteiger partial charge in [0.15, 0.2) is 29.0 Å². The molecule has 3 rings (SSSR count). The number of carbonyl (C=O) groups excluding carboxylic acids is 3. The molecule has 0 radical (unpaired) electrons. The average Bonchev–Trinajstić information content (AvgIpc) is 3.59. The summed E-state index contributed by atoms with van der Waals surface area (Å²) >= 11 is 0.765. The zero-order chi connectivity index (χ0) is 41.5. The van der Waals surface area contributed by atoms with Gasteiger partial charge in [0.1, 0.15) is 38.3 Å². The van der Waals surface area contributed by atoms with Crippen molar-refractivity contribution in [2.75, 3.05) is 37.8 Å². The number of fused-ring (bicyclic) bond motifs is 1. The first-order valence-electron chi connectivity index (χ1n) is 15.6. The van der Waals surface area contributed by atoms with Crippen LogP contribution in [0.1, 0.15) is 43.5 Å². The molecule has 0 bridgehead atoms. The maximum Gasteiger partial charge on any atom is 0.481 e. The molecule has 2 aromatic heterocycles. The summed E-state index contributed by atoms with van der Waals surface area (Å²) < 4.78 is 68.7. The number of anilines is 1. The van der Waals surface area contributed by atoms with Crippen LogP contribution in [0.15, 0.2) is 6.33 Å². The number of hydrogen-bond donors (Lipinski definition) is 11. The molecule has 0 saturated carbocycles. The molecule has 1 saturated heterocycles. The van der Waals surface area contributed by atoms with Gasteiger partial charge in [-0.25, -0.2) is 28.6 Å². The number of nitrogens with zero attached hydrogens (tertiary/aromatic N) is 4. The van der Waals surface area contributed by atoms with Crippen LogP contribution in [-0.2, 0) is 50.7 Å². The maximum absolute atomic E-state index is 12.8. The summed E-state index contributed by atoms with van der Waals surface area (Å²) in [5.41, 5.74) is 3.52. The number of nitrogens with two attached hydrogens (primary N) is 1. The van der Waals surface area contributed by atoms with Gasteiger partial charge in [-0.05, 0) is 0 Å². The standard InChI is InChI=1S/C24H38N7O19P3S/c1-24(2,18(37)22(38)27-4-3-13(33)26-5-6-54)9-47-53(44,45)50-52(42,43)46-8-12-17(49-51(39,40)41)16(36)23(48-12)31-20(11(32)7-14(34)35)30-15-19(25)28-10-29-21(15)31/h10,12,16-18,23,36-37,54H,3-9H2,1-2H3,(H,26,33)(H,27,38)(H,34,35)(H,42,43)(H,44,45)(H2,25,28,29)(H2,39,40,41)/t12-,16-,17-,18+,23-/m1/s1/i/hD. The van der Waals surface area contributed by atoms with E-state index in [4.69, 9.17) is 25.7 Å². The summed E-state index contributed by atoms with van der Waals surface area (Å²) in [7, 11) is -16.8. The number of aliphatic hydroxyl groups excluding tert-OH is 2. The minimum atomic E-state index is -5.71. The number of hydrogen-bond acceptors (Lipinski definition) is 19. The van der Waals surface area contributed by atoms with Crippen LogP contribution in [0.3, 0.4) is 0 Å². The number of nitrogens with one attached hydrogen (secondary N) is 2. The van der Waals surface area contributed by atoms with Crippen LogP contribution >= 0.6 is 36.0 Å². The van der Waals surface area contributed by atoms with Gasteiger partial charge in [-0.3, -0.25) is 37.3 Å². The number of amides is 2. The van der Waals surface area contributed by atoms with E-state index in [0.717, 1.165) is 23.4 Å². The first-order chi connectivity index (χ1) is 25.4. The van der Waals surface area contributed by atoms with Crippen molar-refractivity contribution in [1.82, 2.24) is 30.2 Å². The molecule has 1 fully saturated rings. The van der Waals surface area contributed by atoms with Gasteiger partial charge in [-0.2, -0.15) is 16.8 Å². The summed E-state index contributed by atoms with van der Waals surface area (Å²) in [6, 6.07) is 0. The third kappa shape index (κ3) is 12.5. The van der Waals surface area contributed by atoms with Crippen molar-refractivity contribution in [3.63, 3.8) is 0 Å². The SMILES string of the molecule is [2H]SCCNC(=O)CCNC(=O)[C@H](O)C(C)(C)COP(=O)(O)OP(=O)(O)OC[C@H]1O[C@@H](n2c(C(=O)CC(=O)O)nc3c(N)ncnc32)[C@H](O)[C@@H]1OP(=O)(O)O. The van der Waals surface area contributed by atoms with E-state index in [1.807, 2.05) is 0 Å². The predicted octanol–water partition coefficient (Wildman–Crippen LogP) is -2.01. The maximum atomic E-state index is 12.8. The lowest BCUT2D eigenvalue weighted by Gasteiger charge is -2.30. The highest BCUT2D eigenvalue weighted by Gasteiger charge is 2.51. The number of aliphatic carboxylic acids is 1. The normalized spacial score (nSPS) is 22.2. The minimum absolute atomic E-state index is 0.167. The highest BCUT2D eigenvalue weighted by molar-refractivity contribution is 7.80. The Bertz CT molecular complexity index is 1880. The van der Waals surface area contributed by atoms with Gasteiger partial charge < -0.3 is 56.0 Å². The second-order valence-corrected chi connectivity index (χ2v) is 16.6. The summed E-state index contributed by atoms with van der Waals surface area (Å²) in [5.74, 6) is -4.90. The number of rotatable bonds is 22. The van der Waals surface area contributed by atoms with Crippen molar-refractivity contribution in [3.8, 4) is 0 Å². The molecule has 30 heteroatoms. The Balaban J connectivity index is 1.71. The fourth-order valence-electron chi connectivity index (χ4n) is 4.64. The summed E-state index contributed by atoms with van der Waals surface area (Å²) in [6.45, 7) is 0.205. The molecule has 54 heavy (non-hydrogen) atoms. The van der Waals surface area contributed by atoms with Crippen molar-refractivity contribution in [3.05, 3.63) is 12.2 Å². The zero-order valence-corrected chi connectivity index (χ0v) is 31.6. The topological polar surface area (TPSA) is 401 Å². The predicted molar refractivity (Wildman–Crippen MR) is 180 cm³/mol. The molecule has 26 nitrogen and oxygen atoms in total.